The number of carboxylic acid groups (broad SMARTS) is 1. The topological polar surface area (TPSA) is 67.8 Å². The van der Waals surface area contributed by atoms with E-state index < -0.39 is 18.5 Å². The number of hydrogen-bond acceptors (Lipinski definition) is 4. The van der Waals surface area contributed by atoms with Gasteiger partial charge in [0.1, 0.15) is 5.75 Å². The normalized spacial score (nSPS) is 23.4. The Morgan fingerprint density at radius 1 is 1.17 bits per heavy atom. The van der Waals surface area contributed by atoms with Crippen molar-refractivity contribution >= 4 is 46.6 Å². The van der Waals surface area contributed by atoms with Crippen molar-refractivity contribution in [2.75, 3.05) is 5.32 Å². The highest BCUT2D eigenvalue weighted by molar-refractivity contribution is 6.35. The SMILES string of the molecule is O=C(O)OC1Nc2cc(Cl)cc(Cl)c2C2c3cc(Cl)ccc3OC12. The van der Waals surface area contributed by atoms with Crippen LogP contribution in [0.25, 0.3) is 0 Å². The van der Waals surface area contributed by atoms with Gasteiger partial charge in [0.05, 0.1) is 5.92 Å². The van der Waals surface area contributed by atoms with E-state index in [0.717, 1.165) is 11.1 Å². The smallest absolute Gasteiger partial charge is 0.483 e. The van der Waals surface area contributed by atoms with Crippen molar-refractivity contribution in [2.45, 2.75) is 18.2 Å². The molecule has 2 aromatic rings. The summed E-state index contributed by atoms with van der Waals surface area (Å²) in [6.07, 6.45) is -2.90. The van der Waals surface area contributed by atoms with Gasteiger partial charge in [-0.15, -0.1) is 0 Å². The monoisotopic (exact) mass is 385 g/mol. The van der Waals surface area contributed by atoms with Crippen molar-refractivity contribution in [1.82, 2.24) is 0 Å². The summed E-state index contributed by atoms with van der Waals surface area (Å²) >= 11 is 18.6. The summed E-state index contributed by atoms with van der Waals surface area (Å²) in [6, 6.07) is 8.57. The van der Waals surface area contributed by atoms with Gasteiger partial charge in [0.15, 0.2) is 6.10 Å². The average molecular weight is 387 g/mol. The third-order valence-electron chi connectivity index (χ3n) is 4.13. The minimum atomic E-state index is -1.40. The molecule has 124 valence electrons. The second-order valence-electron chi connectivity index (χ2n) is 5.54. The van der Waals surface area contributed by atoms with Crippen LogP contribution in [0.2, 0.25) is 15.1 Å². The number of anilines is 1. The quantitative estimate of drug-likeness (QED) is 0.676. The Bertz CT molecular complexity index is 857. The second kappa shape index (κ2) is 5.62. The summed E-state index contributed by atoms with van der Waals surface area (Å²) in [5.41, 5.74) is 2.22. The molecule has 0 saturated carbocycles. The van der Waals surface area contributed by atoms with E-state index >= 15 is 0 Å². The van der Waals surface area contributed by atoms with Crippen molar-refractivity contribution in [1.29, 1.82) is 0 Å². The number of rotatable bonds is 1. The van der Waals surface area contributed by atoms with Crippen LogP contribution in [-0.4, -0.2) is 23.6 Å². The number of hydrogen-bond donors (Lipinski definition) is 2. The van der Waals surface area contributed by atoms with Gasteiger partial charge in [-0.3, -0.25) is 0 Å². The largest absolute Gasteiger partial charge is 0.507 e. The van der Waals surface area contributed by atoms with Crippen LogP contribution in [0.5, 0.6) is 5.75 Å². The van der Waals surface area contributed by atoms with E-state index in [1.165, 1.54) is 0 Å². The Balaban J connectivity index is 1.90. The van der Waals surface area contributed by atoms with Gasteiger partial charge in [0.2, 0.25) is 6.23 Å². The molecule has 4 rings (SSSR count). The Kier molecular flexibility index (Phi) is 3.67. The third-order valence-corrected chi connectivity index (χ3v) is 4.89. The average Bonchev–Trinajstić information content (AvgIpc) is 2.85. The Morgan fingerprint density at radius 2 is 1.96 bits per heavy atom. The lowest BCUT2D eigenvalue weighted by Gasteiger charge is -2.35. The lowest BCUT2D eigenvalue weighted by atomic mass is 9.83. The van der Waals surface area contributed by atoms with Gasteiger partial charge in [-0.25, -0.2) is 4.79 Å². The fraction of sp³-hybridized carbons (Fsp3) is 0.188. The van der Waals surface area contributed by atoms with Gasteiger partial charge in [0, 0.05) is 31.9 Å². The predicted molar refractivity (Wildman–Crippen MR) is 90.7 cm³/mol. The summed E-state index contributed by atoms with van der Waals surface area (Å²) < 4.78 is 10.9. The van der Waals surface area contributed by atoms with E-state index in [2.05, 4.69) is 5.32 Å². The fourth-order valence-electron chi connectivity index (χ4n) is 3.28. The van der Waals surface area contributed by atoms with Crippen LogP contribution in [0.15, 0.2) is 30.3 Å². The standard InChI is InChI=1S/C16H10Cl3NO4/c17-6-1-2-11-8(3-6)12-13-9(19)4-7(18)5-10(13)20-15(14(12)23-11)24-16(21)22/h1-5,12,14-15,20H,(H,21,22). The number of carbonyl (C=O) groups is 1. The molecule has 0 aliphatic carbocycles. The van der Waals surface area contributed by atoms with Gasteiger partial charge in [-0.1, -0.05) is 34.8 Å². The van der Waals surface area contributed by atoms with Crippen molar-refractivity contribution in [3.05, 3.63) is 56.5 Å². The minimum Gasteiger partial charge on any atom is -0.483 e. The number of ether oxygens (including phenoxy) is 2. The Hall–Kier alpha value is -1.82. The molecule has 2 heterocycles. The molecule has 0 fully saturated rings. The zero-order valence-corrected chi connectivity index (χ0v) is 14.2. The van der Waals surface area contributed by atoms with Crippen molar-refractivity contribution in [2.24, 2.45) is 0 Å². The van der Waals surface area contributed by atoms with Crippen molar-refractivity contribution in [3.8, 4) is 5.75 Å². The van der Waals surface area contributed by atoms with E-state index in [-0.39, 0.29) is 5.92 Å². The highest BCUT2D eigenvalue weighted by Gasteiger charge is 2.48. The molecule has 2 aromatic carbocycles. The van der Waals surface area contributed by atoms with Crippen LogP contribution in [0.1, 0.15) is 17.0 Å². The van der Waals surface area contributed by atoms with E-state index in [1.807, 2.05) is 0 Å². The fourth-order valence-corrected chi connectivity index (χ4v) is 4.07. The first-order valence-electron chi connectivity index (χ1n) is 7.05. The minimum absolute atomic E-state index is 0.316. The number of halogens is 3. The van der Waals surface area contributed by atoms with Gasteiger partial charge < -0.3 is 19.9 Å². The van der Waals surface area contributed by atoms with E-state index in [9.17, 15) is 4.79 Å². The molecule has 0 radical (unpaired) electrons. The number of benzene rings is 2. The first-order chi connectivity index (χ1) is 11.4. The maximum Gasteiger partial charge on any atom is 0.507 e. The maximum absolute atomic E-state index is 11.0. The van der Waals surface area contributed by atoms with E-state index in [1.54, 1.807) is 30.3 Å². The summed E-state index contributed by atoms with van der Waals surface area (Å²) in [7, 11) is 0. The lowest BCUT2D eigenvalue weighted by Crippen LogP contribution is -2.46. The van der Waals surface area contributed by atoms with Crippen molar-refractivity contribution in [3.63, 3.8) is 0 Å². The number of nitrogens with one attached hydrogen (secondary N) is 1. The lowest BCUT2D eigenvalue weighted by molar-refractivity contribution is 0.00574. The molecule has 3 unspecified atom stereocenters. The van der Waals surface area contributed by atoms with Crippen LogP contribution in [0, 0.1) is 0 Å². The molecule has 2 aliphatic rings. The molecule has 0 amide bonds. The molecule has 0 aromatic heterocycles. The van der Waals surface area contributed by atoms with Crippen LogP contribution < -0.4 is 10.1 Å². The maximum atomic E-state index is 11.0. The highest BCUT2D eigenvalue weighted by atomic mass is 35.5. The van der Waals surface area contributed by atoms with Gasteiger partial charge in [-0.2, -0.15) is 0 Å². The molecule has 3 atom stereocenters. The summed E-state index contributed by atoms with van der Waals surface area (Å²) in [5.74, 6) is 0.304. The summed E-state index contributed by atoms with van der Waals surface area (Å²) in [4.78, 5) is 11.0. The molecule has 24 heavy (non-hydrogen) atoms. The van der Waals surface area contributed by atoms with Crippen LogP contribution >= 0.6 is 34.8 Å². The van der Waals surface area contributed by atoms with E-state index in [0.29, 0.717) is 26.5 Å². The molecule has 0 spiro atoms. The predicted octanol–water partition coefficient (Wildman–Crippen LogP) is 4.99. The molecule has 0 saturated heterocycles. The van der Waals surface area contributed by atoms with Crippen molar-refractivity contribution < 1.29 is 19.4 Å². The molecule has 2 N–H and O–H groups in total. The molecule has 8 heteroatoms. The van der Waals surface area contributed by atoms with E-state index in [4.69, 9.17) is 49.4 Å². The molecule has 2 aliphatic heterocycles. The van der Waals surface area contributed by atoms with Crippen LogP contribution in [0.4, 0.5) is 10.5 Å². The first-order valence-corrected chi connectivity index (χ1v) is 8.18. The van der Waals surface area contributed by atoms with Crippen LogP contribution in [-0.2, 0) is 4.74 Å². The zero-order chi connectivity index (χ0) is 17.0. The summed E-state index contributed by atoms with van der Waals surface area (Å²) in [6.45, 7) is 0. The van der Waals surface area contributed by atoms with Crippen LogP contribution in [0.3, 0.4) is 0 Å². The van der Waals surface area contributed by atoms with Gasteiger partial charge in [-0.05, 0) is 30.3 Å². The first kappa shape index (κ1) is 15.7. The Labute approximate surface area is 152 Å². The second-order valence-corrected chi connectivity index (χ2v) is 6.82. The van der Waals surface area contributed by atoms with Gasteiger partial charge in [0.25, 0.3) is 0 Å². The highest BCUT2D eigenvalue weighted by Crippen LogP contribution is 2.52. The number of fused-ring (bicyclic) bond motifs is 5. The Morgan fingerprint density at radius 3 is 2.71 bits per heavy atom. The summed E-state index contributed by atoms with van der Waals surface area (Å²) in [5, 5.41) is 13.5. The molecule has 5 nitrogen and oxygen atoms in total. The molecular weight excluding hydrogens is 377 g/mol. The third kappa shape index (κ3) is 2.44. The zero-order valence-electron chi connectivity index (χ0n) is 11.9. The molecular formula is C16H10Cl3NO4. The molecule has 0 bridgehead atoms. The van der Waals surface area contributed by atoms with Gasteiger partial charge >= 0.3 is 6.16 Å².